The topological polar surface area (TPSA) is 77.4 Å². The zero-order chi connectivity index (χ0) is 15.5. The van der Waals surface area contributed by atoms with Gasteiger partial charge in [0, 0.05) is 50.0 Å². The number of furan rings is 1. The Kier molecular flexibility index (Phi) is 4.40. The van der Waals surface area contributed by atoms with Gasteiger partial charge in [0.15, 0.2) is 5.82 Å². The number of methoxy groups -OCH3 is 1. The van der Waals surface area contributed by atoms with Crippen LogP contribution in [0.15, 0.2) is 29.1 Å². The zero-order valence-electron chi connectivity index (χ0n) is 13.0. The molecule has 1 aliphatic rings. The Morgan fingerprint density at radius 2 is 2.23 bits per heavy atom. The summed E-state index contributed by atoms with van der Waals surface area (Å²) in [6, 6.07) is 4.33. The summed E-state index contributed by atoms with van der Waals surface area (Å²) in [6.45, 7) is 1.16. The third-order valence-electron chi connectivity index (χ3n) is 4.04. The van der Waals surface area contributed by atoms with E-state index in [9.17, 15) is 0 Å². The molecule has 0 amide bonds. The highest BCUT2D eigenvalue weighted by Crippen LogP contribution is 2.35. The fourth-order valence-corrected chi connectivity index (χ4v) is 2.74. The number of anilines is 1. The lowest BCUT2D eigenvalue weighted by Gasteiger charge is -2.32. The second-order valence-corrected chi connectivity index (χ2v) is 5.92. The number of rotatable bonds is 6. The second kappa shape index (κ2) is 6.46. The Morgan fingerprint density at radius 1 is 1.41 bits per heavy atom. The summed E-state index contributed by atoms with van der Waals surface area (Å²) in [5.74, 6) is 2.06. The molecule has 0 spiro atoms. The lowest BCUT2D eigenvalue weighted by molar-refractivity contribution is 0.177. The highest BCUT2D eigenvalue weighted by atomic mass is 16.5. The van der Waals surface area contributed by atoms with Crippen LogP contribution < -0.4 is 10.6 Å². The molecule has 1 saturated carbocycles. The van der Waals surface area contributed by atoms with Gasteiger partial charge in [0.1, 0.15) is 12.4 Å². The predicted molar refractivity (Wildman–Crippen MR) is 83.5 cm³/mol. The standard InChI is InChI=1S/C16H22N4O2/c1-20(8-11-3-4-22-9-11)16-7-14(12-5-13(17)6-12)18-15(19-16)10-21-2/h3-4,7,9,12-13H,5-6,8,10,17H2,1-2H3. The fraction of sp³-hybridized carbons (Fsp3) is 0.500. The van der Waals surface area contributed by atoms with Crippen molar-refractivity contribution in [3.8, 4) is 0 Å². The molecule has 0 atom stereocenters. The molecule has 0 bridgehead atoms. The van der Waals surface area contributed by atoms with E-state index in [1.165, 1.54) is 0 Å². The molecular weight excluding hydrogens is 280 g/mol. The molecule has 6 nitrogen and oxygen atoms in total. The highest BCUT2D eigenvalue weighted by molar-refractivity contribution is 5.41. The van der Waals surface area contributed by atoms with Crippen LogP contribution in [0.25, 0.3) is 0 Å². The van der Waals surface area contributed by atoms with Crippen molar-refractivity contribution in [2.75, 3.05) is 19.1 Å². The molecule has 6 heteroatoms. The Morgan fingerprint density at radius 3 is 2.86 bits per heavy atom. The van der Waals surface area contributed by atoms with Crippen LogP contribution >= 0.6 is 0 Å². The molecule has 1 aliphatic carbocycles. The molecule has 0 radical (unpaired) electrons. The van der Waals surface area contributed by atoms with Crippen molar-refractivity contribution in [2.45, 2.75) is 38.0 Å². The van der Waals surface area contributed by atoms with Crippen molar-refractivity contribution in [1.29, 1.82) is 0 Å². The molecule has 0 aromatic carbocycles. The first-order valence-electron chi connectivity index (χ1n) is 7.50. The van der Waals surface area contributed by atoms with Crippen molar-refractivity contribution < 1.29 is 9.15 Å². The van der Waals surface area contributed by atoms with Crippen LogP contribution in [0.2, 0.25) is 0 Å². The van der Waals surface area contributed by atoms with Crippen LogP contribution in [0.4, 0.5) is 5.82 Å². The van der Waals surface area contributed by atoms with Gasteiger partial charge >= 0.3 is 0 Å². The Hall–Kier alpha value is -1.92. The third-order valence-corrected chi connectivity index (χ3v) is 4.04. The van der Waals surface area contributed by atoms with E-state index in [2.05, 4.69) is 20.9 Å². The summed E-state index contributed by atoms with van der Waals surface area (Å²) in [6.07, 6.45) is 5.42. The molecule has 0 unspecified atom stereocenters. The molecule has 2 N–H and O–H groups in total. The Balaban J connectivity index is 1.82. The number of hydrogen-bond donors (Lipinski definition) is 1. The second-order valence-electron chi connectivity index (χ2n) is 5.92. The molecule has 2 aromatic rings. The summed E-state index contributed by atoms with van der Waals surface area (Å²) >= 11 is 0. The monoisotopic (exact) mass is 302 g/mol. The zero-order valence-corrected chi connectivity index (χ0v) is 13.0. The largest absolute Gasteiger partial charge is 0.472 e. The number of nitrogens with two attached hydrogens (primary N) is 1. The first-order chi connectivity index (χ1) is 10.7. The Bertz CT molecular complexity index is 609. The molecule has 2 heterocycles. The van der Waals surface area contributed by atoms with E-state index in [1.807, 2.05) is 13.1 Å². The van der Waals surface area contributed by atoms with Crippen LogP contribution in [-0.4, -0.2) is 30.2 Å². The first kappa shape index (κ1) is 15.0. The van der Waals surface area contributed by atoms with Gasteiger partial charge in [-0.3, -0.25) is 0 Å². The molecular formula is C16H22N4O2. The van der Waals surface area contributed by atoms with E-state index >= 15 is 0 Å². The van der Waals surface area contributed by atoms with E-state index in [0.717, 1.165) is 42.3 Å². The SMILES string of the molecule is COCc1nc(C2CC(N)C2)cc(N(C)Cc2ccoc2)n1. The van der Waals surface area contributed by atoms with Crippen LogP contribution in [0, 0.1) is 0 Å². The van der Waals surface area contributed by atoms with Gasteiger partial charge in [-0.15, -0.1) is 0 Å². The summed E-state index contributed by atoms with van der Waals surface area (Å²) in [5, 5.41) is 0. The van der Waals surface area contributed by atoms with Crippen molar-refractivity contribution in [3.05, 3.63) is 41.7 Å². The number of hydrogen-bond acceptors (Lipinski definition) is 6. The summed E-state index contributed by atoms with van der Waals surface area (Å²) in [7, 11) is 3.67. The molecule has 0 aliphatic heterocycles. The van der Waals surface area contributed by atoms with E-state index < -0.39 is 0 Å². The summed E-state index contributed by atoms with van der Waals surface area (Å²) in [5.41, 5.74) is 8.08. The Labute approximate surface area is 130 Å². The van der Waals surface area contributed by atoms with Crippen LogP contribution in [0.1, 0.15) is 35.8 Å². The van der Waals surface area contributed by atoms with Gasteiger partial charge in [0.05, 0.1) is 12.5 Å². The van der Waals surface area contributed by atoms with Gasteiger partial charge in [0.2, 0.25) is 0 Å². The normalized spacial score (nSPS) is 20.7. The lowest BCUT2D eigenvalue weighted by atomic mass is 9.78. The summed E-state index contributed by atoms with van der Waals surface area (Å²) in [4.78, 5) is 11.3. The molecule has 2 aromatic heterocycles. The van der Waals surface area contributed by atoms with E-state index in [0.29, 0.717) is 18.6 Å². The maximum absolute atomic E-state index is 5.90. The van der Waals surface area contributed by atoms with E-state index in [-0.39, 0.29) is 0 Å². The number of aromatic nitrogens is 2. The van der Waals surface area contributed by atoms with Gasteiger partial charge in [-0.05, 0) is 18.9 Å². The molecule has 3 rings (SSSR count). The van der Waals surface area contributed by atoms with Gasteiger partial charge in [-0.25, -0.2) is 9.97 Å². The van der Waals surface area contributed by atoms with Gasteiger partial charge < -0.3 is 19.8 Å². The van der Waals surface area contributed by atoms with Crippen molar-refractivity contribution in [3.63, 3.8) is 0 Å². The quantitative estimate of drug-likeness (QED) is 0.880. The number of ether oxygens (including phenoxy) is 1. The lowest BCUT2D eigenvalue weighted by Crippen LogP contribution is -2.35. The van der Waals surface area contributed by atoms with Gasteiger partial charge in [-0.2, -0.15) is 0 Å². The summed E-state index contributed by atoms with van der Waals surface area (Å²) < 4.78 is 10.3. The molecule has 118 valence electrons. The maximum atomic E-state index is 5.90. The molecule has 22 heavy (non-hydrogen) atoms. The third kappa shape index (κ3) is 3.28. The van der Waals surface area contributed by atoms with Crippen LogP contribution in [0.3, 0.4) is 0 Å². The smallest absolute Gasteiger partial charge is 0.156 e. The fourth-order valence-electron chi connectivity index (χ4n) is 2.74. The molecule has 1 fully saturated rings. The highest BCUT2D eigenvalue weighted by Gasteiger charge is 2.29. The van der Waals surface area contributed by atoms with Gasteiger partial charge in [0.25, 0.3) is 0 Å². The van der Waals surface area contributed by atoms with E-state index in [1.54, 1.807) is 19.6 Å². The minimum absolute atomic E-state index is 0.304. The van der Waals surface area contributed by atoms with Crippen LogP contribution in [0.5, 0.6) is 0 Å². The number of nitrogens with zero attached hydrogens (tertiary/aromatic N) is 3. The van der Waals surface area contributed by atoms with Crippen LogP contribution in [-0.2, 0) is 17.9 Å². The first-order valence-corrected chi connectivity index (χ1v) is 7.50. The predicted octanol–water partition coefficient (Wildman–Crippen LogP) is 2.06. The molecule has 0 saturated heterocycles. The minimum Gasteiger partial charge on any atom is -0.472 e. The van der Waals surface area contributed by atoms with Gasteiger partial charge in [-0.1, -0.05) is 0 Å². The van der Waals surface area contributed by atoms with Crippen molar-refractivity contribution >= 4 is 5.82 Å². The average Bonchev–Trinajstić information content (AvgIpc) is 2.97. The van der Waals surface area contributed by atoms with Crippen molar-refractivity contribution in [1.82, 2.24) is 9.97 Å². The minimum atomic E-state index is 0.304. The van der Waals surface area contributed by atoms with Crippen molar-refractivity contribution in [2.24, 2.45) is 5.73 Å². The maximum Gasteiger partial charge on any atom is 0.156 e. The average molecular weight is 302 g/mol. The van der Waals surface area contributed by atoms with E-state index in [4.69, 9.17) is 14.9 Å².